The monoisotopic (exact) mass is 468 g/mol. The van der Waals surface area contributed by atoms with Gasteiger partial charge in [0, 0.05) is 44.6 Å². The molecule has 1 saturated heterocycles. The van der Waals surface area contributed by atoms with Crippen molar-refractivity contribution in [1.82, 2.24) is 30.3 Å². The van der Waals surface area contributed by atoms with Crippen LogP contribution in [0.1, 0.15) is 21.7 Å². The highest BCUT2D eigenvalue weighted by Gasteiger charge is 2.43. The first-order valence-electron chi connectivity index (χ1n) is 9.05. The summed E-state index contributed by atoms with van der Waals surface area (Å²) in [4.78, 5) is 17.9. The fourth-order valence-electron chi connectivity index (χ4n) is 3.24. The Morgan fingerprint density at radius 2 is 1.90 bits per heavy atom. The number of pyridine rings is 1. The van der Waals surface area contributed by atoms with Crippen LogP contribution in [-0.2, 0) is 0 Å². The van der Waals surface area contributed by atoms with Crippen LogP contribution < -0.4 is 10.6 Å². The molecular formula is C18H25Cl2F3N6O. The minimum Gasteiger partial charge on any atom is -0.350 e. The minimum atomic E-state index is -4.41. The van der Waals surface area contributed by atoms with Crippen LogP contribution >= 0.6 is 24.8 Å². The van der Waals surface area contributed by atoms with E-state index in [1.165, 1.54) is 17.2 Å². The number of amides is 1. The van der Waals surface area contributed by atoms with E-state index in [1.54, 1.807) is 10.7 Å². The van der Waals surface area contributed by atoms with Gasteiger partial charge in [-0.2, -0.15) is 18.3 Å². The number of aromatic nitrogens is 3. The van der Waals surface area contributed by atoms with E-state index in [-0.39, 0.29) is 30.4 Å². The van der Waals surface area contributed by atoms with Crippen LogP contribution in [-0.4, -0.2) is 70.5 Å². The molecule has 0 radical (unpaired) electrons. The van der Waals surface area contributed by atoms with Crippen LogP contribution in [0.4, 0.5) is 13.2 Å². The molecule has 0 aromatic carbocycles. The smallest absolute Gasteiger partial charge is 0.350 e. The van der Waals surface area contributed by atoms with Gasteiger partial charge in [0.05, 0.1) is 11.3 Å². The third-order valence-corrected chi connectivity index (χ3v) is 4.66. The first-order valence-corrected chi connectivity index (χ1v) is 9.05. The van der Waals surface area contributed by atoms with Gasteiger partial charge in [0.25, 0.3) is 5.91 Å². The first-order chi connectivity index (χ1) is 13.3. The number of aryl methyl sites for hydroxylation is 2. The zero-order valence-electron chi connectivity index (χ0n) is 16.6. The molecule has 1 atom stereocenters. The summed E-state index contributed by atoms with van der Waals surface area (Å²) in [5.41, 5.74) is 1.94. The van der Waals surface area contributed by atoms with Crippen molar-refractivity contribution >= 4 is 30.7 Å². The quantitative estimate of drug-likeness (QED) is 0.703. The van der Waals surface area contributed by atoms with Gasteiger partial charge in [0.1, 0.15) is 6.04 Å². The van der Waals surface area contributed by atoms with Crippen molar-refractivity contribution in [1.29, 1.82) is 0 Å². The average molecular weight is 469 g/mol. The molecule has 2 N–H and O–H groups in total. The molecule has 168 valence electrons. The summed E-state index contributed by atoms with van der Waals surface area (Å²) in [6, 6.07) is 3.34. The Labute approximate surface area is 185 Å². The Morgan fingerprint density at radius 3 is 2.40 bits per heavy atom. The van der Waals surface area contributed by atoms with Crippen molar-refractivity contribution in [3.8, 4) is 5.82 Å². The van der Waals surface area contributed by atoms with E-state index < -0.39 is 24.7 Å². The molecule has 0 spiro atoms. The van der Waals surface area contributed by atoms with Crippen LogP contribution in [0.25, 0.3) is 5.82 Å². The lowest BCUT2D eigenvalue weighted by Gasteiger charge is -2.35. The second kappa shape index (κ2) is 10.9. The highest BCUT2D eigenvalue weighted by Crippen LogP contribution is 2.24. The van der Waals surface area contributed by atoms with Gasteiger partial charge in [-0.15, -0.1) is 24.8 Å². The fourth-order valence-corrected chi connectivity index (χ4v) is 3.24. The van der Waals surface area contributed by atoms with Crippen LogP contribution in [0, 0.1) is 13.8 Å². The van der Waals surface area contributed by atoms with Gasteiger partial charge in [0.2, 0.25) is 0 Å². The Morgan fingerprint density at radius 1 is 1.23 bits per heavy atom. The van der Waals surface area contributed by atoms with Gasteiger partial charge in [-0.25, -0.2) is 9.67 Å². The molecule has 3 heterocycles. The van der Waals surface area contributed by atoms with Crippen LogP contribution in [0.5, 0.6) is 0 Å². The van der Waals surface area contributed by atoms with Gasteiger partial charge >= 0.3 is 6.18 Å². The number of carbonyl (C=O) groups excluding carboxylic acids is 1. The zero-order valence-corrected chi connectivity index (χ0v) is 18.2. The lowest BCUT2D eigenvalue weighted by atomic mass is 10.2. The Balaban J connectivity index is 0.00000225. The first kappa shape index (κ1) is 26.2. The number of halogens is 5. The molecule has 2 aromatic rings. The fraction of sp³-hybridized carbons (Fsp3) is 0.500. The van der Waals surface area contributed by atoms with Gasteiger partial charge in [-0.3, -0.25) is 9.69 Å². The summed E-state index contributed by atoms with van der Waals surface area (Å²) in [7, 11) is 0. The topological polar surface area (TPSA) is 75.1 Å². The van der Waals surface area contributed by atoms with Gasteiger partial charge in [-0.1, -0.05) is 0 Å². The second-order valence-corrected chi connectivity index (χ2v) is 6.80. The summed E-state index contributed by atoms with van der Waals surface area (Å²) >= 11 is 0. The molecule has 0 saturated carbocycles. The molecule has 12 heteroatoms. The third kappa shape index (κ3) is 6.31. The summed E-state index contributed by atoms with van der Waals surface area (Å²) in [6.45, 7) is 4.83. The van der Waals surface area contributed by atoms with Gasteiger partial charge in [0.15, 0.2) is 5.82 Å². The number of piperazine rings is 1. The van der Waals surface area contributed by atoms with Crippen molar-refractivity contribution in [3.63, 3.8) is 0 Å². The maximum atomic E-state index is 13.4. The molecule has 1 fully saturated rings. The number of rotatable bonds is 5. The van der Waals surface area contributed by atoms with Crippen LogP contribution in [0.2, 0.25) is 0 Å². The molecule has 1 aliphatic rings. The van der Waals surface area contributed by atoms with E-state index in [0.29, 0.717) is 32.0 Å². The van der Waals surface area contributed by atoms with E-state index in [4.69, 9.17) is 0 Å². The molecule has 7 nitrogen and oxygen atoms in total. The summed E-state index contributed by atoms with van der Waals surface area (Å²) in [5.74, 6) is -0.0482. The summed E-state index contributed by atoms with van der Waals surface area (Å²) < 4.78 is 41.8. The van der Waals surface area contributed by atoms with E-state index >= 15 is 0 Å². The molecule has 2 aromatic heterocycles. The molecule has 30 heavy (non-hydrogen) atoms. The predicted octanol–water partition coefficient (Wildman–Crippen LogP) is 2.29. The number of nitrogens with zero attached hydrogens (tertiary/aromatic N) is 4. The molecule has 1 unspecified atom stereocenters. The van der Waals surface area contributed by atoms with E-state index in [0.717, 1.165) is 11.4 Å². The van der Waals surface area contributed by atoms with Crippen LogP contribution in [0.3, 0.4) is 0 Å². The zero-order chi connectivity index (χ0) is 20.3. The lowest BCUT2D eigenvalue weighted by Crippen LogP contribution is -2.57. The second-order valence-electron chi connectivity index (χ2n) is 6.80. The molecular weight excluding hydrogens is 444 g/mol. The largest absolute Gasteiger partial charge is 0.405 e. The maximum Gasteiger partial charge on any atom is 0.405 e. The standard InChI is InChI=1S/C18H23F3N6O.2ClH/c1-12-9-13(2)27(25-12)16-4-3-14(10-23-16)17(28)24-11-15(18(19,20)21)26-7-5-22-6-8-26;;/h3-4,9-10,15,22H,5-8,11H2,1-2H3,(H,24,28);2*1H. The van der Waals surface area contributed by atoms with Crippen molar-refractivity contribution in [2.45, 2.75) is 26.1 Å². The predicted molar refractivity (Wildman–Crippen MR) is 112 cm³/mol. The summed E-state index contributed by atoms with van der Waals surface area (Å²) in [5, 5.41) is 9.73. The highest BCUT2D eigenvalue weighted by atomic mass is 35.5. The Hall–Kier alpha value is -1.88. The minimum absolute atomic E-state index is 0. The van der Waals surface area contributed by atoms with E-state index in [9.17, 15) is 18.0 Å². The molecule has 0 bridgehead atoms. The van der Waals surface area contributed by atoms with Crippen molar-refractivity contribution in [2.75, 3.05) is 32.7 Å². The molecule has 3 rings (SSSR count). The molecule has 1 amide bonds. The summed E-state index contributed by atoms with van der Waals surface area (Å²) in [6.07, 6.45) is -3.07. The van der Waals surface area contributed by atoms with Crippen LogP contribution in [0.15, 0.2) is 24.4 Å². The highest BCUT2D eigenvalue weighted by molar-refractivity contribution is 5.93. The average Bonchev–Trinajstić information content (AvgIpc) is 3.00. The SMILES string of the molecule is Cc1cc(C)n(-c2ccc(C(=O)NCC(N3CCNCC3)C(F)(F)F)cn2)n1.Cl.Cl. The van der Waals surface area contributed by atoms with Crippen molar-refractivity contribution in [2.24, 2.45) is 0 Å². The number of alkyl halides is 3. The van der Waals surface area contributed by atoms with Gasteiger partial charge in [-0.05, 0) is 32.0 Å². The van der Waals surface area contributed by atoms with Crippen molar-refractivity contribution < 1.29 is 18.0 Å². The number of hydrogen-bond acceptors (Lipinski definition) is 5. The number of nitrogens with one attached hydrogen (secondary N) is 2. The van der Waals surface area contributed by atoms with Crippen molar-refractivity contribution in [3.05, 3.63) is 41.3 Å². The normalized spacial score (nSPS) is 15.6. The van der Waals surface area contributed by atoms with Gasteiger partial charge < -0.3 is 10.6 Å². The number of hydrogen-bond donors (Lipinski definition) is 2. The number of carbonyl (C=O) groups is 1. The van der Waals surface area contributed by atoms with E-state index in [1.807, 2.05) is 19.9 Å². The van der Waals surface area contributed by atoms with E-state index in [2.05, 4.69) is 20.7 Å². The Kier molecular flexibility index (Phi) is 9.54. The third-order valence-electron chi connectivity index (χ3n) is 4.66. The molecule has 0 aliphatic carbocycles. The molecule has 1 aliphatic heterocycles. The maximum absolute atomic E-state index is 13.4. The Bertz CT molecular complexity index is 822. The lowest BCUT2D eigenvalue weighted by molar-refractivity contribution is -0.183.